The van der Waals surface area contributed by atoms with Gasteiger partial charge in [0, 0.05) is 56.7 Å². The number of halogens is 4. The highest BCUT2D eigenvalue weighted by Gasteiger charge is 2.29. The summed E-state index contributed by atoms with van der Waals surface area (Å²) in [5.41, 5.74) is 4.59. The van der Waals surface area contributed by atoms with Crippen LogP contribution in [0.5, 0.6) is 0 Å². The standard InChI is InChI=1S/C34H32Cl4N8/c1-34(2,3)45-10-8-27(9-11-45)46-19-30(43-44-46)32(20-4-6-22(35)7-5-20)42-26-15-28-31(41-25-13-23(36)12-24(37)14-25)21(17-39)18-40-33(28)29(38)16-26/h4-7,12-16,18-19,27,32,42H,8-11H2,1-3H3,(H,40,41)/t32-/m0/s1. The number of hydrogen-bond donors (Lipinski definition) is 2. The van der Waals surface area contributed by atoms with Gasteiger partial charge in [-0.3, -0.25) is 9.88 Å². The second-order valence-corrected chi connectivity index (χ2v) is 14.2. The predicted molar refractivity (Wildman–Crippen MR) is 188 cm³/mol. The number of nitriles is 1. The van der Waals surface area contributed by atoms with Crippen LogP contribution in [0.25, 0.3) is 10.9 Å². The largest absolute Gasteiger partial charge is 0.373 e. The summed E-state index contributed by atoms with van der Waals surface area (Å²) >= 11 is 25.6. The maximum Gasteiger partial charge on any atom is 0.109 e. The molecule has 0 radical (unpaired) electrons. The maximum atomic E-state index is 9.97. The van der Waals surface area contributed by atoms with Crippen molar-refractivity contribution < 1.29 is 0 Å². The zero-order chi connectivity index (χ0) is 32.6. The number of piperidine rings is 1. The van der Waals surface area contributed by atoms with Crippen LogP contribution in [0.15, 0.2) is 67.0 Å². The summed E-state index contributed by atoms with van der Waals surface area (Å²) in [4.78, 5) is 7.01. The average Bonchev–Trinajstić information content (AvgIpc) is 3.50. The number of fused-ring (bicyclic) bond motifs is 1. The van der Waals surface area contributed by atoms with Gasteiger partial charge < -0.3 is 10.6 Å². The van der Waals surface area contributed by atoms with Crippen molar-refractivity contribution in [1.29, 1.82) is 5.26 Å². The summed E-state index contributed by atoms with van der Waals surface area (Å²) in [6.07, 6.45) is 5.52. The first-order chi connectivity index (χ1) is 22.0. The number of likely N-dealkylation sites (tertiary alicyclic amines) is 1. The van der Waals surface area contributed by atoms with Gasteiger partial charge in [-0.15, -0.1) is 5.10 Å². The lowest BCUT2D eigenvalue weighted by molar-refractivity contribution is 0.0866. The molecule has 0 saturated carbocycles. The van der Waals surface area contributed by atoms with E-state index in [4.69, 9.17) is 46.4 Å². The van der Waals surface area contributed by atoms with Crippen LogP contribution in [0.2, 0.25) is 20.1 Å². The van der Waals surface area contributed by atoms with Gasteiger partial charge in [-0.2, -0.15) is 5.26 Å². The van der Waals surface area contributed by atoms with Gasteiger partial charge in [0.2, 0.25) is 0 Å². The van der Waals surface area contributed by atoms with Crippen LogP contribution in [-0.2, 0) is 0 Å². The fraction of sp³-hybridized carbons (Fsp3) is 0.294. The second-order valence-electron chi connectivity index (χ2n) is 12.4. The Labute approximate surface area is 288 Å². The minimum Gasteiger partial charge on any atom is -0.373 e. The minimum absolute atomic E-state index is 0.142. The fourth-order valence-electron chi connectivity index (χ4n) is 5.88. The van der Waals surface area contributed by atoms with Crippen molar-refractivity contribution in [3.05, 3.63) is 104 Å². The van der Waals surface area contributed by atoms with Gasteiger partial charge >= 0.3 is 0 Å². The van der Waals surface area contributed by atoms with Gasteiger partial charge in [0.15, 0.2) is 0 Å². The Kier molecular flexibility index (Phi) is 9.33. The lowest BCUT2D eigenvalue weighted by atomic mass is 9.98. The molecule has 1 saturated heterocycles. The average molecular weight is 694 g/mol. The lowest BCUT2D eigenvalue weighted by Crippen LogP contribution is -2.46. The van der Waals surface area contributed by atoms with E-state index in [1.54, 1.807) is 18.2 Å². The third-order valence-electron chi connectivity index (χ3n) is 8.30. The van der Waals surface area contributed by atoms with Gasteiger partial charge in [-0.25, -0.2) is 4.68 Å². The molecular formula is C34H32Cl4N8. The van der Waals surface area contributed by atoms with Crippen molar-refractivity contribution in [3.8, 4) is 6.07 Å². The summed E-state index contributed by atoms with van der Waals surface area (Å²) in [5.74, 6) is 0. The van der Waals surface area contributed by atoms with Crippen LogP contribution in [0, 0.1) is 11.3 Å². The zero-order valence-corrected chi connectivity index (χ0v) is 28.6. The molecule has 1 atom stereocenters. The molecule has 5 aromatic rings. The zero-order valence-electron chi connectivity index (χ0n) is 25.5. The highest BCUT2D eigenvalue weighted by molar-refractivity contribution is 6.36. The maximum absolute atomic E-state index is 9.97. The fourth-order valence-corrected chi connectivity index (χ4v) is 6.81. The Hall–Kier alpha value is -3.58. The highest BCUT2D eigenvalue weighted by atomic mass is 35.5. The number of pyridine rings is 1. The molecule has 46 heavy (non-hydrogen) atoms. The molecule has 0 bridgehead atoms. The van der Waals surface area contributed by atoms with E-state index in [-0.39, 0.29) is 17.6 Å². The molecule has 3 heterocycles. The molecule has 2 N–H and O–H groups in total. The second kappa shape index (κ2) is 13.3. The van der Waals surface area contributed by atoms with Gasteiger partial charge in [0.05, 0.1) is 40.1 Å². The van der Waals surface area contributed by atoms with Gasteiger partial charge in [-0.1, -0.05) is 63.7 Å². The molecule has 0 unspecified atom stereocenters. The Balaban J connectivity index is 1.36. The Morgan fingerprint density at radius 1 is 0.913 bits per heavy atom. The first-order valence-electron chi connectivity index (χ1n) is 14.9. The van der Waals surface area contributed by atoms with E-state index in [1.807, 2.05) is 47.3 Å². The molecular weight excluding hydrogens is 662 g/mol. The molecule has 1 aliphatic rings. The molecule has 0 spiro atoms. The normalized spacial score (nSPS) is 15.1. The molecule has 1 fully saturated rings. The SMILES string of the molecule is CC(C)(C)N1CCC(n2cc([C@@H](Nc3cc(Cl)c4ncc(C#N)c(Nc5cc(Cl)cc(Cl)c5)c4c3)c3ccc(Cl)cc3)nn2)CC1. The van der Waals surface area contributed by atoms with E-state index in [0.29, 0.717) is 53.6 Å². The number of nitrogens with one attached hydrogen (secondary N) is 2. The van der Waals surface area contributed by atoms with Crippen molar-refractivity contribution in [1.82, 2.24) is 24.9 Å². The van der Waals surface area contributed by atoms with E-state index in [2.05, 4.69) is 57.7 Å². The van der Waals surface area contributed by atoms with Crippen molar-refractivity contribution in [3.63, 3.8) is 0 Å². The molecule has 0 aliphatic carbocycles. The number of anilines is 3. The van der Waals surface area contributed by atoms with Gasteiger partial charge in [-0.05, 0) is 81.6 Å². The van der Waals surface area contributed by atoms with E-state index in [0.717, 1.165) is 37.2 Å². The summed E-state index contributed by atoms with van der Waals surface area (Å²) in [5, 5.41) is 28.7. The van der Waals surface area contributed by atoms with E-state index in [9.17, 15) is 5.26 Å². The minimum atomic E-state index is -0.371. The first-order valence-corrected chi connectivity index (χ1v) is 16.4. The quantitative estimate of drug-likeness (QED) is 0.175. The van der Waals surface area contributed by atoms with Gasteiger partial charge in [0.25, 0.3) is 0 Å². The van der Waals surface area contributed by atoms with Crippen LogP contribution in [0.1, 0.15) is 62.5 Å². The van der Waals surface area contributed by atoms with Crippen LogP contribution >= 0.6 is 46.4 Å². The molecule has 8 nitrogen and oxygen atoms in total. The Bertz CT molecular complexity index is 1900. The number of benzene rings is 3. The van der Waals surface area contributed by atoms with Crippen LogP contribution in [0.4, 0.5) is 17.1 Å². The summed E-state index contributed by atoms with van der Waals surface area (Å²) < 4.78 is 1.99. The monoisotopic (exact) mass is 692 g/mol. The third kappa shape index (κ3) is 7.05. The molecule has 1 aliphatic heterocycles. The molecule has 6 rings (SSSR count). The topological polar surface area (TPSA) is 94.7 Å². The van der Waals surface area contributed by atoms with E-state index < -0.39 is 0 Å². The van der Waals surface area contributed by atoms with Crippen molar-refractivity contribution >= 4 is 74.4 Å². The van der Waals surface area contributed by atoms with E-state index in [1.165, 1.54) is 6.20 Å². The molecule has 0 amide bonds. The summed E-state index contributed by atoms with van der Waals surface area (Å²) in [6.45, 7) is 8.78. The first kappa shape index (κ1) is 32.4. The lowest BCUT2D eigenvalue weighted by Gasteiger charge is -2.40. The number of nitrogens with zero attached hydrogens (tertiary/aromatic N) is 6. The van der Waals surface area contributed by atoms with Crippen molar-refractivity contribution in [2.24, 2.45) is 0 Å². The molecule has 236 valence electrons. The Morgan fingerprint density at radius 2 is 1.61 bits per heavy atom. The highest BCUT2D eigenvalue weighted by Crippen LogP contribution is 2.38. The predicted octanol–water partition coefficient (Wildman–Crippen LogP) is 9.69. The summed E-state index contributed by atoms with van der Waals surface area (Å²) in [6, 6.07) is 18.6. The van der Waals surface area contributed by atoms with Crippen molar-refractivity contribution in [2.45, 2.75) is 51.2 Å². The van der Waals surface area contributed by atoms with Crippen LogP contribution in [-0.4, -0.2) is 43.5 Å². The molecule has 12 heteroatoms. The summed E-state index contributed by atoms with van der Waals surface area (Å²) in [7, 11) is 0. The smallest absolute Gasteiger partial charge is 0.109 e. The number of aromatic nitrogens is 4. The Morgan fingerprint density at radius 3 is 2.26 bits per heavy atom. The van der Waals surface area contributed by atoms with E-state index >= 15 is 0 Å². The number of rotatable bonds is 7. The van der Waals surface area contributed by atoms with Crippen LogP contribution in [0.3, 0.4) is 0 Å². The number of hydrogen-bond acceptors (Lipinski definition) is 7. The van der Waals surface area contributed by atoms with Gasteiger partial charge in [0.1, 0.15) is 11.8 Å². The molecule has 3 aromatic carbocycles. The molecule has 2 aromatic heterocycles. The van der Waals surface area contributed by atoms with Crippen LogP contribution < -0.4 is 10.6 Å². The third-order valence-corrected chi connectivity index (χ3v) is 9.28. The van der Waals surface area contributed by atoms with Crippen molar-refractivity contribution in [2.75, 3.05) is 23.7 Å².